The molecule has 0 aliphatic carbocycles. The first-order chi connectivity index (χ1) is 8.74. The van der Waals surface area contributed by atoms with E-state index in [0.717, 1.165) is 22.6 Å². The van der Waals surface area contributed by atoms with Crippen LogP contribution in [0.15, 0.2) is 48.5 Å². The summed E-state index contributed by atoms with van der Waals surface area (Å²) in [6, 6.07) is 15.6. The van der Waals surface area contributed by atoms with Crippen LogP contribution in [0.3, 0.4) is 0 Å². The van der Waals surface area contributed by atoms with Crippen molar-refractivity contribution in [3.05, 3.63) is 59.7 Å². The van der Waals surface area contributed by atoms with Crippen molar-refractivity contribution in [1.82, 2.24) is 0 Å². The van der Waals surface area contributed by atoms with E-state index in [1.807, 2.05) is 48.5 Å². The SMILES string of the molecule is COc1cc(OC)cc(C(Cl)c2ccccc2)c1. The molecule has 0 radical (unpaired) electrons. The van der Waals surface area contributed by atoms with Crippen LogP contribution >= 0.6 is 11.6 Å². The molecule has 1 atom stereocenters. The third-order valence-electron chi connectivity index (χ3n) is 2.76. The van der Waals surface area contributed by atoms with Crippen LogP contribution in [0.1, 0.15) is 16.5 Å². The molecule has 0 saturated heterocycles. The highest BCUT2D eigenvalue weighted by Gasteiger charge is 2.13. The van der Waals surface area contributed by atoms with Gasteiger partial charge in [-0.15, -0.1) is 11.6 Å². The summed E-state index contributed by atoms with van der Waals surface area (Å²) < 4.78 is 10.5. The Morgan fingerprint density at radius 3 is 1.89 bits per heavy atom. The summed E-state index contributed by atoms with van der Waals surface area (Å²) in [5.41, 5.74) is 2.01. The van der Waals surface area contributed by atoms with Crippen LogP contribution in [0.5, 0.6) is 11.5 Å². The molecular weight excluding hydrogens is 248 g/mol. The highest BCUT2D eigenvalue weighted by Crippen LogP contribution is 2.33. The van der Waals surface area contributed by atoms with Crippen LogP contribution in [0.4, 0.5) is 0 Å². The Labute approximate surface area is 112 Å². The van der Waals surface area contributed by atoms with Crippen molar-refractivity contribution in [2.75, 3.05) is 14.2 Å². The van der Waals surface area contributed by atoms with Gasteiger partial charge in [-0.2, -0.15) is 0 Å². The maximum atomic E-state index is 6.48. The lowest BCUT2D eigenvalue weighted by molar-refractivity contribution is 0.393. The van der Waals surface area contributed by atoms with E-state index in [9.17, 15) is 0 Å². The van der Waals surface area contributed by atoms with Gasteiger partial charge < -0.3 is 9.47 Å². The molecule has 1 unspecified atom stereocenters. The van der Waals surface area contributed by atoms with E-state index in [0.29, 0.717) is 0 Å². The van der Waals surface area contributed by atoms with E-state index in [1.54, 1.807) is 14.2 Å². The van der Waals surface area contributed by atoms with Crippen molar-refractivity contribution in [2.24, 2.45) is 0 Å². The molecular formula is C15H15ClO2. The lowest BCUT2D eigenvalue weighted by Crippen LogP contribution is -1.96. The minimum Gasteiger partial charge on any atom is -0.497 e. The van der Waals surface area contributed by atoms with Gasteiger partial charge in [0.2, 0.25) is 0 Å². The normalized spacial score (nSPS) is 11.9. The molecule has 0 amide bonds. The molecule has 94 valence electrons. The zero-order chi connectivity index (χ0) is 13.0. The summed E-state index contributed by atoms with van der Waals surface area (Å²) in [6.07, 6.45) is 0. The Balaban J connectivity index is 2.38. The Morgan fingerprint density at radius 1 is 0.833 bits per heavy atom. The molecule has 0 N–H and O–H groups in total. The van der Waals surface area contributed by atoms with E-state index < -0.39 is 0 Å². The second kappa shape index (κ2) is 5.78. The van der Waals surface area contributed by atoms with Crippen LogP contribution in [-0.4, -0.2) is 14.2 Å². The van der Waals surface area contributed by atoms with Gasteiger partial charge in [0.25, 0.3) is 0 Å². The number of ether oxygens (including phenoxy) is 2. The number of benzene rings is 2. The van der Waals surface area contributed by atoms with E-state index in [-0.39, 0.29) is 5.38 Å². The summed E-state index contributed by atoms with van der Waals surface area (Å²) in [6.45, 7) is 0. The molecule has 0 spiro atoms. The van der Waals surface area contributed by atoms with Crippen LogP contribution in [0, 0.1) is 0 Å². The topological polar surface area (TPSA) is 18.5 Å². The van der Waals surface area contributed by atoms with Crippen molar-refractivity contribution < 1.29 is 9.47 Å². The Morgan fingerprint density at radius 2 is 1.39 bits per heavy atom. The first-order valence-corrected chi connectivity index (χ1v) is 6.10. The zero-order valence-electron chi connectivity index (χ0n) is 10.4. The molecule has 0 heterocycles. The molecule has 2 nitrogen and oxygen atoms in total. The lowest BCUT2D eigenvalue weighted by Gasteiger charge is -2.13. The fraction of sp³-hybridized carbons (Fsp3) is 0.200. The summed E-state index contributed by atoms with van der Waals surface area (Å²) >= 11 is 6.48. The first kappa shape index (κ1) is 12.8. The second-order valence-electron chi connectivity index (χ2n) is 3.92. The predicted octanol–water partition coefficient (Wildman–Crippen LogP) is 4.03. The van der Waals surface area contributed by atoms with Gasteiger partial charge in [-0.05, 0) is 23.3 Å². The monoisotopic (exact) mass is 262 g/mol. The quantitative estimate of drug-likeness (QED) is 0.775. The molecule has 18 heavy (non-hydrogen) atoms. The summed E-state index contributed by atoms with van der Waals surface area (Å²) in [5.74, 6) is 1.48. The summed E-state index contributed by atoms with van der Waals surface area (Å²) in [7, 11) is 3.26. The maximum absolute atomic E-state index is 6.48. The van der Waals surface area contributed by atoms with Gasteiger partial charge in [0.1, 0.15) is 11.5 Å². The molecule has 0 aliphatic heterocycles. The molecule has 0 aromatic heterocycles. The lowest BCUT2D eigenvalue weighted by atomic mass is 10.0. The van der Waals surface area contributed by atoms with Crippen LogP contribution < -0.4 is 9.47 Å². The number of hydrogen-bond acceptors (Lipinski definition) is 2. The maximum Gasteiger partial charge on any atom is 0.122 e. The van der Waals surface area contributed by atoms with Gasteiger partial charge in [-0.1, -0.05) is 30.3 Å². The van der Waals surface area contributed by atoms with Crippen molar-refractivity contribution in [3.8, 4) is 11.5 Å². The highest BCUT2D eigenvalue weighted by atomic mass is 35.5. The van der Waals surface area contributed by atoms with E-state index in [4.69, 9.17) is 21.1 Å². The fourth-order valence-electron chi connectivity index (χ4n) is 1.79. The number of alkyl halides is 1. The minimum atomic E-state index is -0.213. The predicted molar refractivity (Wildman–Crippen MR) is 73.7 cm³/mol. The number of hydrogen-bond donors (Lipinski definition) is 0. The second-order valence-corrected chi connectivity index (χ2v) is 4.36. The van der Waals surface area contributed by atoms with Crippen molar-refractivity contribution >= 4 is 11.6 Å². The Kier molecular flexibility index (Phi) is 4.11. The summed E-state index contributed by atoms with van der Waals surface area (Å²) in [5, 5.41) is -0.213. The van der Waals surface area contributed by atoms with Crippen molar-refractivity contribution in [2.45, 2.75) is 5.38 Å². The molecule has 2 aromatic carbocycles. The van der Waals surface area contributed by atoms with Crippen LogP contribution in [0.2, 0.25) is 0 Å². The molecule has 2 rings (SSSR count). The largest absolute Gasteiger partial charge is 0.497 e. The van der Waals surface area contributed by atoms with Crippen LogP contribution in [-0.2, 0) is 0 Å². The first-order valence-electron chi connectivity index (χ1n) is 5.66. The highest BCUT2D eigenvalue weighted by molar-refractivity contribution is 6.22. The van der Waals surface area contributed by atoms with Crippen molar-refractivity contribution in [3.63, 3.8) is 0 Å². The van der Waals surface area contributed by atoms with Gasteiger partial charge in [0, 0.05) is 6.07 Å². The van der Waals surface area contributed by atoms with Gasteiger partial charge >= 0.3 is 0 Å². The van der Waals surface area contributed by atoms with E-state index in [2.05, 4.69) is 0 Å². The Hall–Kier alpha value is -1.67. The number of methoxy groups -OCH3 is 2. The van der Waals surface area contributed by atoms with Gasteiger partial charge in [0.15, 0.2) is 0 Å². The summed E-state index contributed by atoms with van der Waals surface area (Å²) in [4.78, 5) is 0. The molecule has 0 fully saturated rings. The average molecular weight is 263 g/mol. The third kappa shape index (κ3) is 2.77. The third-order valence-corrected chi connectivity index (χ3v) is 3.26. The number of rotatable bonds is 4. The molecule has 0 bridgehead atoms. The van der Waals surface area contributed by atoms with Crippen LogP contribution in [0.25, 0.3) is 0 Å². The zero-order valence-corrected chi connectivity index (χ0v) is 11.1. The van der Waals surface area contributed by atoms with Gasteiger partial charge in [-0.25, -0.2) is 0 Å². The molecule has 2 aromatic rings. The van der Waals surface area contributed by atoms with E-state index >= 15 is 0 Å². The van der Waals surface area contributed by atoms with E-state index in [1.165, 1.54) is 0 Å². The fourth-order valence-corrected chi connectivity index (χ4v) is 2.06. The Bertz CT molecular complexity index is 489. The molecule has 0 saturated carbocycles. The standard InChI is InChI=1S/C15H15ClO2/c1-17-13-8-12(9-14(10-13)18-2)15(16)11-6-4-3-5-7-11/h3-10,15H,1-2H3. The average Bonchev–Trinajstić information content (AvgIpc) is 2.46. The van der Waals surface area contributed by atoms with Gasteiger partial charge in [0.05, 0.1) is 19.6 Å². The van der Waals surface area contributed by atoms with Crippen molar-refractivity contribution in [1.29, 1.82) is 0 Å². The van der Waals surface area contributed by atoms with Gasteiger partial charge in [-0.3, -0.25) is 0 Å². The number of halogens is 1. The minimum absolute atomic E-state index is 0.213. The molecule has 0 aliphatic rings. The smallest absolute Gasteiger partial charge is 0.122 e. The molecule has 3 heteroatoms.